The maximum absolute atomic E-state index is 14.5. The number of rotatable bonds is 2. The second-order valence-electron chi connectivity index (χ2n) is 6.77. The van der Waals surface area contributed by atoms with E-state index in [4.69, 9.17) is 4.52 Å². The molecule has 2 fully saturated rings. The van der Waals surface area contributed by atoms with Crippen LogP contribution < -0.4 is 4.90 Å². The Morgan fingerprint density at radius 3 is 2.74 bits per heavy atom. The lowest BCUT2D eigenvalue weighted by atomic mass is 9.80. The van der Waals surface area contributed by atoms with Crippen LogP contribution in [0.2, 0.25) is 0 Å². The van der Waals surface area contributed by atoms with Gasteiger partial charge in [-0.1, -0.05) is 11.6 Å². The summed E-state index contributed by atoms with van der Waals surface area (Å²) < 4.78 is 20.0. The van der Waals surface area contributed by atoms with Gasteiger partial charge in [-0.25, -0.2) is 14.4 Å². The summed E-state index contributed by atoms with van der Waals surface area (Å²) in [6, 6.07) is 0. The monoisotopic (exact) mass is 317 g/mol. The number of halogens is 1. The lowest BCUT2D eigenvalue weighted by Gasteiger charge is -2.24. The van der Waals surface area contributed by atoms with Crippen LogP contribution in [0, 0.1) is 32.5 Å². The van der Waals surface area contributed by atoms with E-state index < -0.39 is 0 Å². The largest absolute Gasteiger partial charge is 0.353 e. The Morgan fingerprint density at radius 2 is 2.00 bits per heavy atom. The Kier molecular flexibility index (Phi) is 3.14. The predicted molar refractivity (Wildman–Crippen MR) is 81.7 cm³/mol. The number of aromatic nitrogens is 4. The number of aryl methyl sites for hydroxylation is 3. The zero-order valence-corrected chi connectivity index (χ0v) is 13.6. The van der Waals surface area contributed by atoms with Gasteiger partial charge in [-0.15, -0.1) is 0 Å². The third kappa shape index (κ3) is 2.13. The van der Waals surface area contributed by atoms with Crippen LogP contribution in [-0.2, 0) is 5.41 Å². The van der Waals surface area contributed by atoms with Gasteiger partial charge >= 0.3 is 0 Å². The highest BCUT2D eigenvalue weighted by molar-refractivity contribution is 5.46. The van der Waals surface area contributed by atoms with Crippen LogP contribution in [-0.4, -0.2) is 33.2 Å². The molecule has 6 nitrogen and oxygen atoms in total. The van der Waals surface area contributed by atoms with Crippen LogP contribution in [0.25, 0.3) is 0 Å². The molecule has 4 rings (SSSR count). The van der Waals surface area contributed by atoms with Crippen molar-refractivity contribution in [3.8, 4) is 0 Å². The summed E-state index contributed by atoms with van der Waals surface area (Å²) >= 11 is 0. The average Bonchev–Trinajstić information content (AvgIpc) is 3.16. The molecule has 0 amide bonds. The average molecular weight is 317 g/mol. The fraction of sp³-hybridized carbons (Fsp3) is 0.625. The fourth-order valence-electron chi connectivity index (χ4n) is 4.19. The van der Waals surface area contributed by atoms with Gasteiger partial charge in [0.2, 0.25) is 5.89 Å². The first kappa shape index (κ1) is 14.5. The summed E-state index contributed by atoms with van der Waals surface area (Å²) in [5, 5.41) is 3.96. The van der Waals surface area contributed by atoms with Crippen molar-refractivity contribution in [1.29, 1.82) is 0 Å². The second-order valence-corrected chi connectivity index (χ2v) is 6.77. The topological polar surface area (TPSA) is 67.9 Å². The molecule has 0 aromatic carbocycles. The molecule has 7 heteroatoms. The van der Waals surface area contributed by atoms with Crippen LogP contribution in [0.15, 0.2) is 4.52 Å². The van der Waals surface area contributed by atoms with E-state index in [9.17, 15) is 4.39 Å². The number of hydrogen-bond acceptors (Lipinski definition) is 6. The first-order valence-corrected chi connectivity index (χ1v) is 8.06. The molecule has 2 aliphatic rings. The smallest absolute Gasteiger partial charge is 0.234 e. The third-order valence-electron chi connectivity index (χ3n) is 5.23. The van der Waals surface area contributed by atoms with Gasteiger partial charge in [0.15, 0.2) is 17.5 Å². The van der Waals surface area contributed by atoms with Crippen LogP contribution >= 0.6 is 0 Å². The number of anilines is 1. The summed E-state index contributed by atoms with van der Waals surface area (Å²) in [6.07, 6.45) is 3.24. The molecule has 0 bridgehead atoms. The molecule has 1 saturated heterocycles. The molecule has 3 heterocycles. The van der Waals surface area contributed by atoms with Crippen molar-refractivity contribution >= 4 is 5.82 Å². The van der Waals surface area contributed by atoms with Gasteiger partial charge in [-0.05, 0) is 39.5 Å². The maximum atomic E-state index is 14.5. The van der Waals surface area contributed by atoms with Crippen molar-refractivity contribution in [2.24, 2.45) is 5.92 Å². The molecule has 2 aromatic heterocycles. The Labute approximate surface area is 134 Å². The third-order valence-corrected chi connectivity index (χ3v) is 5.23. The van der Waals surface area contributed by atoms with Crippen molar-refractivity contribution in [2.45, 2.75) is 45.4 Å². The summed E-state index contributed by atoms with van der Waals surface area (Å²) in [6.45, 7) is 6.75. The van der Waals surface area contributed by atoms with E-state index in [1.807, 2.05) is 11.8 Å². The molecule has 1 aliphatic carbocycles. The fourth-order valence-corrected chi connectivity index (χ4v) is 4.19. The molecule has 2 atom stereocenters. The minimum Gasteiger partial charge on any atom is -0.353 e. The Morgan fingerprint density at radius 1 is 1.17 bits per heavy atom. The molecule has 2 aromatic rings. The van der Waals surface area contributed by atoms with Crippen molar-refractivity contribution in [3.63, 3.8) is 0 Å². The van der Waals surface area contributed by atoms with E-state index in [-0.39, 0.29) is 11.2 Å². The summed E-state index contributed by atoms with van der Waals surface area (Å²) in [4.78, 5) is 15.0. The van der Waals surface area contributed by atoms with Gasteiger partial charge < -0.3 is 9.42 Å². The van der Waals surface area contributed by atoms with Crippen LogP contribution in [0.5, 0.6) is 0 Å². The summed E-state index contributed by atoms with van der Waals surface area (Å²) in [7, 11) is 0. The van der Waals surface area contributed by atoms with E-state index in [2.05, 4.69) is 20.1 Å². The van der Waals surface area contributed by atoms with Gasteiger partial charge in [-0.3, -0.25) is 0 Å². The van der Waals surface area contributed by atoms with Crippen molar-refractivity contribution < 1.29 is 8.91 Å². The normalized spacial score (nSPS) is 26.8. The van der Waals surface area contributed by atoms with Crippen LogP contribution in [0.1, 0.15) is 42.5 Å². The molecular weight excluding hydrogens is 297 g/mol. The van der Waals surface area contributed by atoms with E-state index in [0.29, 0.717) is 41.5 Å². The maximum Gasteiger partial charge on any atom is 0.234 e. The zero-order chi connectivity index (χ0) is 16.2. The highest BCUT2D eigenvalue weighted by Crippen LogP contribution is 2.50. The molecule has 122 valence electrons. The number of fused-ring (bicyclic) bond motifs is 1. The van der Waals surface area contributed by atoms with E-state index >= 15 is 0 Å². The Balaban J connectivity index is 1.73. The van der Waals surface area contributed by atoms with Crippen molar-refractivity contribution in [2.75, 3.05) is 18.0 Å². The van der Waals surface area contributed by atoms with E-state index in [1.165, 1.54) is 0 Å². The van der Waals surface area contributed by atoms with Gasteiger partial charge in [0.1, 0.15) is 5.82 Å². The standard InChI is InChI=1S/C16H20FN5O/c1-9-13(17)14(19-10(2)18-9)22-7-12-5-4-6-16(12,8-22)15-20-11(3)21-23-15/h12H,4-8H2,1-3H3/t12-,16-/m0/s1. The summed E-state index contributed by atoms with van der Waals surface area (Å²) in [5.41, 5.74) is 0.229. The van der Waals surface area contributed by atoms with Crippen molar-refractivity contribution in [1.82, 2.24) is 20.1 Å². The van der Waals surface area contributed by atoms with Crippen LogP contribution in [0.3, 0.4) is 0 Å². The zero-order valence-electron chi connectivity index (χ0n) is 13.6. The van der Waals surface area contributed by atoms with Gasteiger partial charge in [0.25, 0.3) is 0 Å². The quantitative estimate of drug-likeness (QED) is 0.847. The van der Waals surface area contributed by atoms with E-state index in [0.717, 1.165) is 25.8 Å². The minimum atomic E-state index is -0.326. The molecule has 23 heavy (non-hydrogen) atoms. The van der Waals surface area contributed by atoms with Gasteiger partial charge in [0.05, 0.1) is 11.1 Å². The molecule has 0 radical (unpaired) electrons. The number of hydrogen-bond donors (Lipinski definition) is 0. The predicted octanol–water partition coefficient (Wildman–Crippen LogP) is 2.48. The van der Waals surface area contributed by atoms with Crippen LogP contribution in [0.4, 0.5) is 10.2 Å². The minimum absolute atomic E-state index is 0.166. The first-order valence-electron chi connectivity index (χ1n) is 8.06. The van der Waals surface area contributed by atoms with E-state index in [1.54, 1.807) is 13.8 Å². The lowest BCUT2D eigenvalue weighted by Crippen LogP contribution is -2.33. The SMILES string of the molecule is Cc1noc([C@]23CCC[C@H]2CN(c2nc(C)nc(C)c2F)C3)n1. The molecule has 0 spiro atoms. The Hall–Kier alpha value is -2.05. The molecule has 1 saturated carbocycles. The Bertz CT molecular complexity index is 761. The summed E-state index contributed by atoms with van der Waals surface area (Å²) in [5.74, 6) is 2.42. The van der Waals surface area contributed by atoms with Crippen molar-refractivity contribution in [3.05, 3.63) is 29.1 Å². The number of nitrogens with zero attached hydrogens (tertiary/aromatic N) is 5. The first-order chi connectivity index (χ1) is 11.0. The lowest BCUT2D eigenvalue weighted by molar-refractivity contribution is 0.265. The molecule has 1 aliphatic heterocycles. The highest BCUT2D eigenvalue weighted by Gasteiger charge is 2.54. The molecular formula is C16H20FN5O. The molecule has 0 N–H and O–H groups in total. The highest BCUT2D eigenvalue weighted by atomic mass is 19.1. The van der Waals surface area contributed by atoms with Gasteiger partial charge in [0, 0.05) is 13.1 Å². The van der Waals surface area contributed by atoms with Gasteiger partial charge in [-0.2, -0.15) is 4.98 Å². The second kappa shape index (κ2) is 4.97. The molecule has 0 unspecified atom stereocenters.